The largest absolute Gasteiger partial charge is 0.444 e. The molecular weight excluding hydrogens is 344 g/mol. The molecule has 6 nitrogen and oxygen atoms in total. The van der Waals surface area contributed by atoms with Gasteiger partial charge in [-0.25, -0.2) is 9.59 Å². The van der Waals surface area contributed by atoms with E-state index in [9.17, 15) is 9.59 Å². The summed E-state index contributed by atoms with van der Waals surface area (Å²) >= 11 is 0. The molecule has 0 aromatic heterocycles. The number of hydrogen-bond acceptors (Lipinski definition) is 4. The Bertz CT molecular complexity index is 688. The van der Waals surface area contributed by atoms with Gasteiger partial charge in [0.2, 0.25) is 0 Å². The fourth-order valence-corrected chi connectivity index (χ4v) is 3.98. The van der Waals surface area contributed by atoms with E-state index >= 15 is 0 Å². The number of likely N-dealkylation sites (tertiary alicyclic amines) is 1. The molecule has 1 aromatic rings. The van der Waals surface area contributed by atoms with Crippen molar-refractivity contribution < 1.29 is 19.1 Å². The van der Waals surface area contributed by atoms with Crippen molar-refractivity contribution in [2.75, 3.05) is 13.1 Å². The molecule has 148 valence electrons. The molecule has 0 spiro atoms. The maximum absolute atomic E-state index is 12.7. The van der Waals surface area contributed by atoms with Gasteiger partial charge in [-0.1, -0.05) is 30.3 Å². The molecule has 0 radical (unpaired) electrons. The third-order valence-electron chi connectivity index (χ3n) is 5.12. The van der Waals surface area contributed by atoms with Crippen LogP contribution in [0.3, 0.4) is 0 Å². The van der Waals surface area contributed by atoms with E-state index in [1.54, 1.807) is 4.90 Å². The molecule has 27 heavy (non-hydrogen) atoms. The number of carbonyl (C=O) groups is 2. The van der Waals surface area contributed by atoms with Gasteiger partial charge < -0.3 is 14.4 Å². The van der Waals surface area contributed by atoms with Gasteiger partial charge in [-0.15, -0.1) is 0 Å². The van der Waals surface area contributed by atoms with Crippen LogP contribution in [-0.2, 0) is 9.47 Å². The smallest absolute Gasteiger partial charge is 0.411 e. The second kappa shape index (κ2) is 7.06. The summed E-state index contributed by atoms with van der Waals surface area (Å²) in [6.07, 6.45) is 0.871. The predicted octanol–water partition coefficient (Wildman–Crippen LogP) is 4.36. The summed E-state index contributed by atoms with van der Waals surface area (Å²) in [6.45, 7) is 10.7. The molecule has 0 N–H and O–H groups in total. The van der Waals surface area contributed by atoms with E-state index in [0.717, 1.165) is 5.56 Å². The molecule has 2 heterocycles. The Labute approximate surface area is 161 Å². The van der Waals surface area contributed by atoms with Crippen molar-refractivity contribution in [3.8, 4) is 0 Å². The highest BCUT2D eigenvalue weighted by Crippen LogP contribution is 2.43. The van der Waals surface area contributed by atoms with Crippen LogP contribution >= 0.6 is 0 Å². The number of carbonyl (C=O) groups excluding carboxylic acids is 2. The van der Waals surface area contributed by atoms with Crippen LogP contribution in [0.5, 0.6) is 0 Å². The zero-order valence-electron chi connectivity index (χ0n) is 16.9. The molecule has 0 saturated carbocycles. The van der Waals surface area contributed by atoms with Crippen molar-refractivity contribution in [3.05, 3.63) is 35.9 Å². The number of amides is 2. The summed E-state index contributed by atoms with van der Waals surface area (Å²) in [7, 11) is 0. The van der Waals surface area contributed by atoms with Crippen LogP contribution in [0.2, 0.25) is 0 Å². The molecule has 1 aromatic carbocycles. The summed E-state index contributed by atoms with van der Waals surface area (Å²) < 4.78 is 11.2. The van der Waals surface area contributed by atoms with E-state index in [4.69, 9.17) is 9.47 Å². The maximum Gasteiger partial charge on any atom is 0.411 e. The van der Waals surface area contributed by atoms with Crippen LogP contribution in [-0.4, -0.2) is 52.3 Å². The van der Waals surface area contributed by atoms with Gasteiger partial charge in [0.1, 0.15) is 11.2 Å². The van der Waals surface area contributed by atoms with Crippen LogP contribution in [0.15, 0.2) is 30.3 Å². The van der Waals surface area contributed by atoms with Crippen molar-refractivity contribution in [2.45, 2.75) is 70.7 Å². The molecular formula is C21H30N2O4. The number of ether oxygens (including phenoxy) is 2. The third kappa shape index (κ3) is 4.20. The van der Waals surface area contributed by atoms with E-state index in [-0.39, 0.29) is 24.3 Å². The minimum Gasteiger partial charge on any atom is -0.444 e. The predicted molar refractivity (Wildman–Crippen MR) is 102 cm³/mol. The van der Waals surface area contributed by atoms with Crippen LogP contribution < -0.4 is 0 Å². The zero-order valence-corrected chi connectivity index (χ0v) is 16.9. The summed E-state index contributed by atoms with van der Waals surface area (Å²) in [5, 5.41) is 0. The lowest BCUT2D eigenvalue weighted by atomic mass is 9.89. The molecule has 3 rings (SSSR count). The lowest BCUT2D eigenvalue weighted by Crippen LogP contribution is -2.49. The molecule has 1 atom stereocenters. The topological polar surface area (TPSA) is 59.1 Å². The quantitative estimate of drug-likeness (QED) is 0.772. The Morgan fingerprint density at radius 1 is 1.15 bits per heavy atom. The fourth-order valence-electron chi connectivity index (χ4n) is 3.98. The Morgan fingerprint density at radius 3 is 2.30 bits per heavy atom. The van der Waals surface area contributed by atoms with Crippen molar-refractivity contribution in [1.29, 1.82) is 0 Å². The molecule has 0 aliphatic carbocycles. The van der Waals surface area contributed by atoms with Crippen molar-refractivity contribution in [1.82, 2.24) is 9.80 Å². The highest BCUT2D eigenvalue weighted by molar-refractivity contribution is 5.73. The van der Waals surface area contributed by atoms with Gasteiger partial charge in [-0.05, 0) is 53.0 Å². The molecule has 2 aliphatic rings. The molecule has 0 bridgehead atoms. The molecule has 2 aliphatic heterocycles. The van der Waals surface area contributed by atoms with E-state index in [0.29, 0.717) is 25.9 Å². The lowest BCUT2D eigenvalue weighted by molar-refractivity contribution is 0.0147. The molecule has 2 saturated heterocycles. The highest BCUT2D eigenvalue weighted by atomic mass is 16.6. The fraction of sp³-hybridized carbons (Fsp3) is 0.619. The summed E-state index contributed by atoms with van der Waals surface area (Å²) in [5.41, 5.74) is -0.0292. The Morgan fingerprint density at radius 2 is 1.74 bits per heavy atom. The van der Waals surface area contributed by atoms with Gasteiger partial charge in [0, 0.05) is 19.1 Å². The Kier molecular flexibility index (Phi) is 5.10. The van der Waals surface area contributed by atoms with Gasteiger partial charge in [0.05, 0.1) is 6.04 Å². The number of hydrogen-bond donors (Lipinski definition) is 0. The zero-order chi connectivity index (χ0) is 19.8. The maximum atomic E-state index is 12.7. The molecule has 2 fully saturated rings. The van der Waals surface area contributed by atoms with Gasteiger partial charge in [0.25, 0.3) is 0 Å². The Balaban J connectivity index is 1.72. The first-order chi connectivity index (χ1) is 12.6. The molecule has 6 heteroatoms. The van der Waals surface area contributed by atoms with Crippen LogP contribution in [0.25, 0.3) is 0 Å². The van der Waals surface area contributed by atoms with E-state index in [1.807, 2.05) is 69.9 Å². The summed E-state index contributed by atoms with van der Waals surface area (Å²) in [4.78, 5) is 28.6. The second-order valence-corrected chi connectivity index (χ2v) is 8.89. The van der Waals surface area contributed by atoms with Gasteiger partial charge in [-0.2, -0.15) is 0 Å². The second-order valence-electron chi connectivity index (χ2n) is 8.89. The SMILES string of the molecule is CC(C)(C)OC(=O)N1CCC(N2C(=O)OC(C)(C)C2c2ccccc2)CC1. The number of nitrogens with zero attached hydrogens (tertiary/aromatic N) is 2. The molecule has 1 unspecified atom stereocenters. The van der Waals surface area contributed by atoms with Crippen LogP contribution in [0, 0.1) is 0 Å². The average Bonchev–Trinajstić information content (AvgIpc) is 2.82. The summed E-state index contributed by atoms with van der Waals surface area (Å²) in [5.74, 6) is 0. The minimum absolute atomic E-state index is 0.0446. The monoisotopic (exact) mass is 374 g/mol. The van der Waals surface area contributed by atoms with E-state index < -0.39 is 11.2 Å². The first-order valence-corrected chi connectivity index (χ1v) is 9.63. The Hall–Kier alpha value is -2.24. The standard InChI is InChI=1S/C21H30N2O4/c1-20(2,3)26-18(24)22-13-11-16(12-14-22)23-17(15-9-7-6-8-10-15)21(4,5)27-19(23)25/h6-10,16-17H,11-14H2,1-5H3. The van der Waals surface area contributed by atoms with Gasteiger partial charge in [-0.3, -0.25) is 4.90 Å². The van der Waals surface area contributed by atoms with Crippen LogP contribution in [0.4, 0.5) is 9.59 Å². The minimum atomic E-state index is -0.596. The number of cyclic esters (lactones) is 1. The third-order valence-corrected chi connectivity index (χ3v) is 5.12. The summed E-state index contributed by atoms with van der Waals surface area (Å²) in [6, 6.07) is 9.92. The lowest BCUT2D eigenvalue weighted by Gasteiger charge is -2.39. The normalized spacial score (nSPS) is 23.3. The number of benzene rings is 1. The first-order valence-electron chi connectivity index (χ1n) is 9.63. The van der Waals surface area contributed by atoms with E-state index in [1.165, 1.54) is 0 Å². The average molecular weight is 374 g/mol. The first kappa shape index (κ1) is 19.5. The highest BCUT2D eigenvalue weighted by Gasteiger charge is 2.51. The number of piperidine rings is 1. The number of rotatable bonds is 2. The van der Waals surface area contributed by atoms with Gasteiger partial charge in [0.15, 0.2) is 0 Å². The van der Waals surface area contributed by atoms with Crippen molar-refractivity contribution >= 4 is 12.2 Å². The van der Waals surface area contributed by atoms with E-state index in [2.05, 4.69) is 0 Å². The van der Waals surface area contributed by atoms with Crippen molar-refractivity contribution in [2.24, 2.45) is 0 Å². The van der Waals surface area contributed by atoms with Crippen LogP contribution in [0.1, 0.15) is 59.1 Å². The van der Waals surface area contributed by atoms with Gasteiger partial charge >= 0.3 is 12.2 Å². The van der Waals surface area contributed by atoms with Crippen molar-refractivity contribution in [3.63, 3.8) is 0 Å². The molecule has 2 amide bonds.